The van der Waals surface area contributed by atoms with Crippen LogP contribution in [-0.4, -0.2) is 0 Å². The van der Waals surface area contributed by atoms with Gasteiger partial charge in [-0.1, -0.05) is 29.8 Å². The lowest BCUT2D eigenvalue weighted by Crippen LogP contribution is -2.06. The summed E-state index contributed by atoms with van der Waals surface area (Å²) in [6, 6.07) is 4.47. The highest BCUT2D eigenvalue weighted by Crippen LogP contribution is 2.27. The van der Waals surface area contributed by atoms with E-state index in [0.717, 1.165) is 6.42 Å². The topological polar surface area (TPSA) is 12.0 Å². The molecule has 0 radical (unpaired) electrons. The molecule has 17 heavy (non-hydrogen) atoms. The molecule has 0 saturated carbocycles. The molecule has 90 valence electrons. The molecule has 1 aliphatic rings. The predicted molar refractivity (Wildman–Crippen MR) is 75.3 cm³/mol. The lowest BCUT2D eigenvalue weighted by atomic mass is 10.0. The fourth-order valence-electron chi connectivity index (χ4n) is 2.46. The van der Waals surface area contributed by atoms with Gasteiger partial charge in [-0.15, -0.1) is 0 Å². The van der Waals surface area contributed by atoms with E-state index in [9.17, 15) is 0 Å². The Morgan fingerprint density at radius 2 is 1.47 bits per heavy atom. The summed E-state index contributed by atoms with van der Waals surface area (Å²) in [6.45, 7) is 8.67. The molecule has 2 rings (SSSR count). The molecule has 0 heterocycles. The molecule has 1 aromatic carbocycles. The molecule has 0 bridgehead atoms. The summed E-state index contributed by atoms with van der Waals surface area (Å²) >= 11 is 0. The highest BCUT2D eigenvalue weighted by atomic mass is 14.9. The van der Waals surface area contributed by atoms with Crippen molar-refractivity contribution in [2.75, 3.05) is 5.32 Å². The first-order valence-electron chi connectivity index (χ1n) is 6.30. The van der Waals surface area contributed by atoms with E-state index in [1.807, 2.05) is 0 Å². The third-order valence-corrected chi connectivity index (χ3v) is 3.33. The molecule has 1 heteroatoms. The lowest BCUT2D eigenvalue weighted by molar-refractivity contribution is 0.991. The van der Waals surface area contributed by atoms with E-state index in [1.54, 1.807) is 0 Å². The van der Waals surface area contributed by atoms with Crippen LogP contribution in [0.2, 0.25) is 0 Å². The molecule has 0 aliphatic heterocycles. The second kappa shape index (κ2) is 4.79. The van der Waals surface area contributed by atoms with Crippen LogP contribution in [0.1, 0.15) is 36.5 Å². The summed E-state index contributed by atoms with van der Waals surface area (Å²) in [5.41, 5.74) is 7.86. The number of anilines is 1. The quantitative estimate of drug-likeness (QED) is 0.775. The van der Waals surface area contributed by atoms with Crippen molar-refractivity contribution >= 4 is 5.69 Å². The molecule has 0 aromatic heterocycles. The second-order valence-electron chi connectivity index (χ2n) is 4.98. The largest absolute Gasteiger partial charge is 0.355 e. The monoisotopic (exact) mass is 227 g/mol. The van der Waals surface area contributed by atoms with Crippen LogP contribution in [0.3, 0.4) is 0 Å². The Labute approximate surface area is 104 Å². The molecule has 0 fully saturated rings. The van der Waals surface area contributed by atoms with Crippen LogP contribution in [0, 0.1) is 20.8 Å². The Bertz CT molecular complexity index is 469. The minimum atomic E-state index is 1.14. The van der Waals surface area contributed by atoms with Gasteiger partial charge in [0.15, 0.2) is 0 Å². The first-order chi connectivity index (χ1) is 8.08. The number of allylic oxidation sites excluding steroid dienone is 3. The normalized spacial score (nSPS) is 15.3. The van der Waals surface area contributed by atoms with Crippen molar-refractivity contribution in [3.8, 4) is 0 Å². The van der Waals surface area contributed by atoms with E-state index in [0.29, 0.717) is 0 Å². The molecule has 1 nitrogen and oxygen atoms in total. The van der Waals surface area contributed by atoms with Crippen LogP contribution in [-0.2, 0) is 0 Å². The summed E-state index contributed by atoms with van der Waals surface area (Å²) < 4.78 is 0. The van der Waals surface area contributed by atoms with Gasteiger partial charge in [-0.3, -0.25) is 0 Å². The number of hydrogen-bond donors (Lipinski definition) is 1. The fourth-order valence-corrected chi connectivity index (χ4v) is 2.46. The van der Waals surface area contributed by atoms with Crippen LogP contribution in [0.15, 0.2) is 35.6 Å². The van der Waals surface area contributed by atoms with Crippen molar-refractivity contribution in [2.24, 2.45) is 0 Å². The first-order valence-corrected chi connectivity index (χ1v) is 6.30. The van der Waals surface area contributed by atoms with E-state index >= 15 is 0 Å². The predicted octanol–water partition coefficient (Wildman–Crippen LogP) is 4.65. The SMILES string of the molecule is CC1=CCCC=C1Nc1c(C)cc(C)cc1C. The van der Waals surface area contributed by atoms with Crippen molar-refractivity contribution in [2.45, 2.75) is 40.5 Å². The molecule has 1 aliphatic carbocycles. The number of aryl methyl sites for hydroxylation is 3. The zero-order valence-corrected chi connectivity index (χ0v) is 11.2. The zero-order chi connectivity index (χ0) is 12.4. The summed E-state index contributed by atoms with van der Waals surface area (Å²) in [4.78, 5) is 0. The molecule has 0 atom stereocenters. The standard InChI is InChI=1S/C16H21N/c1-11-9-13(3)16(14(4)10-11)17-15-8-6-5-7-12(15)2/h7-10,17H,5-6H2,1-4H3. The number of rotatable bonds is 2. The Morgan fingerprint density at radius 3 is 2.06 bits per heavy atom. The maximum Gasteiger partial charge on any atom is 0.0443 e. The van der Waals surface area contributed by atoms with E-state index in [-0.39, 0.29) is 0 Å². The minimum Gasteiger partial charge on any atom is -0.355 e. The van der Waals surface area contributed by atoms with Gasteiger partial charge < -0.3 is 5.32 Å². The van der Waals surface area contributed by atoms with Crippen LogP contribution in [0.25, 0.3) is 0 Å². The van der Waals surface area contributed by atoms with Crippen molar-refractivity contribution in [1.82, 2.24) is 0 Å². The van der Waals surface area contributed by atoms with Crippen LogP contribution in [0.5, 0.6) is 0 Å². The smallest absolute Gasteiger partial charge is 0.0443 e. The molecule has 0 spiro atoms. The maximum absolute atomic E-state index is 3.59. The highest BCUT2D eigenvalue weighted by molar-refractivity contribution is 5.63. The van der Waals surface area contributed by atoms with Gasteiger partial charge in [0, 0.05) is 11.4 Å². The maximum atomic E-state index is 3.59. The van der Waals surface area contributed by atoms with Gasteiger partial charge in [-0.25, -0.2) is 0 Å². The molecular formula is C16H21N. The summed E-state index contributed by atoms with van der Waals surface area (Å²) in [6.07, 6.45) is 6.92. The molecular weight excluding hydrogens is 206 g/mol. The van der Waals surface area contributed by atoms with E-state index in [2.05, 4.69) is 57.3 Å². The second-order valence-corrected chi connectivity index (χ2v) is 4.98. The van der Waals surface area contributed by atoms with Crippen LogP contribution in [0.4, 0.5) is 5.69 Å². The average Bonchev–Trinajstić information content (AvgIpc) is 2.25. The highest BCUT2D eigenvalue weighted by Gasteiger charge is 2.08. The Morgan fingerprint density at radius 1 is 0.882 bits per heavy atom. The summed E-state index contributed by atoms with van der Waals surface area (Å²) in [5, 5.41) is 3.59. The molecule has 1 aromatic rings. The van der Waals surface area contributed by atoms with E-state index in [4.69, 9.17) is 0 Å². The average molecular weight is 227 g/mol. The van der Waals surface area contributed by atoms with Gasteiger partial charge in [0.2, 0.25) is 0 Å². The van der Waals surface area contributed by atoms with Crippen molar-refractivity contribution < 1.29 is 0 Å². The van der Waals surface area contributed by atoms with Crippen molar-refractivity contribution in [1.29, 1.82) is 0 Å². The van der Waals surface area contributed by atoms with E-state index in [1.165, 1.54) is 40.1 Å². The number of hydrogen-bond acceptors (Lipinski definition) is 1. The van der Waals surface area contributed by atoms with Crippen molar-refractivity contribution in [3.05, 3.63) is 52.2 Å². The third-order valence-electron chi connectivity index (χ3n) is 3.33. The minimum absolute atomic E-state index is 1.14. The van der Waals surface area contributed by atoms with Gasteiger partial charge in [0.25, 0.3) is 0 Å². The lowest BCUT2D eigenvalue weighted by Gasteiger charge is -2.19. The van der Waals surface area contributed by atoms with Gasteiger partial charge in [0.1, 0.15) is 0 Å². The van der Waals surface area contributed by atoms with Gasteiger partial charge in [-0.05, 0) is 57.2 Å². The molecule has 0 amide bonds. The van der Waals surface area contributed by atoms with E-state index < -0.39 is 0 Å². The van der Waals surface area contributed by atoms with Gasteiger partial charge in [-0.2, -0.15) is 0 Å². The molecule has 0 unspecified atom stereocenters. The fraction of sp³-hybridized carbons (Fsp3) is 0.375. The molecule has 0 saturated heterocycles. The van der Waals surface area contributed by atoms with Crippen molar-refractivity contribution in [3.63, 3.8) is 0 Å². The Kier molecular flexibility index (Phi) is 3.37. The number of nitrogens with one attached hydrogen (secondary N) is 1. The van der Waals surface area contributed by atoms with Crippen LogP contribution >= 0.6 is 0 Å². The summed E-state index contributed by atoms with van der Waals surface area (Å²) in [7, 11) is 0. The van der Waals surface area contributed by atoms with Gasteiger partial charge in [0.05, 0.1) is 0 Å². The Hall–Kier alpha value is -1.50. The third kappa shape index (κ3) is 2.60. The zero-order valence-electron chi connectivity index (χ0n) is 11.2. The summed E-state index contributed by atoms with van der Waals surface area (Å²) in [5.74, 6) is 0. The Balaban J connectivity index is 2.31. The van der Waals surface area contributed by atoms with Gasteiger partial charge >= 0.3 is 0 Å². The first kappa shape index (κ1) is 12.0. The molecule has 1 N–H and O–H groups in total. The number of benzene rings is 1. The van der Waals surface area contributed by atoms with Crippen LogP contribution < -0.4 is 5.32 Å².